The largest absolute Gasteiger partial charge is 0.453 e. The average molecular weight is 343 g/mol. The number of carbonyl (C=O) groups excluding carboxylic acids is 1. The Balaban J connectivity index is 2.29. The van der Waals surface area contributed by atoms with Crippen LogP contribution in [0, 0.1) is 13.8 Å². The van der Waals surface area contributed by atoms with Gasteiger partial charge in [0.1, 0.15) is 0 Å². The lowest BCUT2D eigenvalue weighted by molar-refractivity contribution is -0.144. The summed E-state index contributed by atoms with van der Waals surface area (Å²) in [6.07, 6.45) is -4.04. The Labute approximate surface area is 137 Å². The minimum Gasteiger partial charge on any atom is -0.351 e. The molecule has 1 N–H and O–H groups in total. The molecule has 0 fully saturated rings. The predicted molar refractivity (Wildman–Crippen MR) is 81.5 cm³/mol. The Morgan fingerprint density at radius 1 is 1.17 bits per heavy atom. The van der Waals surface area contributed by atoms with Crippen LogP contribution >= 0.6 is 0 Å². The van der Waals surface area contributed by atoms with Crippen molar-refractivity contribution in [2.24, 2.45) is 0 Å². The van der Waals surface area contributed by atoms with Gasteiger partial charge in [-0.15, -0.1) is 5.10 Å². The van der Waals surface area contributed by atoms with E-state index in [-0.39, 0.29) is 23.6 Å². The van der Waals surface area contributed by atoms with Crippen molar-refractivity contribution < 1.29 is 18.0 Å². The van der Waals surface area contributed by atoms with Crippen LogP contribution in [0.2, 0.25) is 0 Å². The van der Waals surface area contributed by atoms with E-state index in [1.54, 1.807) is 13.8 Å². The van der Waals surface area contributed by atoms with Crippen molar-refractivity contribution in [2.45, 2.75) is 59.2 Å². The molecule has 0 atom stereocenters. The summed E-state index contributed by atoms with van der Waals surface area (Å²) in [6, 6.07) is 0. The first kappa shape index (κ1) is 18.2. The minimum absolute atomic E-state index is 0.0970. The average Bonchev–Trinajstić information content (AvgIpc) is 2.80. The molecular formula is C15H20F3N5O. The highest BCUT2D eigenvalue weighted by Crippen LogP contribution is 2.27. The topological polar surface area (TPSA) is 72.2 Å². The van der Waals surface area contributed by atoms with Crippen molar-refractivity contribution in [3.63, 3.8) is 0 Å². The third-order valence-corrected chi connectivity index (χ3v) is 3.42. The summed E-state index contributed by atoms with van der Waals surface area (Å²) < 4.78 is 39.3. The lowest BCUT2D eigenvalue weighted by Crippen LogP contribution is -2.40. The first-order valence-electron chi connectivity index (χ1n) is 7.49. The van der Waals surface area contributed by atoms with Gasteiger partial charge in [0.2, 0.25) is 5.91 Å². The van der Waals surface area contributed by atoms with Crippen LogP contribution in [0.15, 0.2) is 0 Å². The smallest absolute Gasteiger partial charge is 0.351 e. The van der Waals surface area contributed by atoms with Crippen LogP contribution in [0.4, 0.5) is 13.2 Å². The van der Waals surface area contributed by atoms with E-state index in [2.05, 4.69) is 20.4 Å². The molecular weight excluding hydrogens is 323 g/mol. The van der Waals surface area contributed by atoms with Crippen molar-refractivity contribution in [1.82, 2.24) is 24.9 Å². The molecule has 0 aromatic carbocycles. The SMILES string of the molecule is Cc1nc2nc(C(F)(F)F)nn2c(C)c1CCC(=O)NC(C)(C)C. The molecule has 0 saturated heterocycles. The molecule has 0 bridgehead atoms. The van der Waals surface area contributed by atoms with Crippen molar-refractivity contribution in [2.75, 3.05) is 0 Å². The second kappa shape index (κ2) is 6.03. The molecule has 2 aromatic heterocycles. The fourth-order valence-electron chi connectivity index (χ4n) is 2.41. The maximum atomic E-state index is 12.8. The summed E-state index contributed by atoms with van der Waals surface area (Å²) in [5, 5.41) is 6.34. The maximum Gasteiger partial charge on any atom is 0.453 e. The van der Waals surface area contributed by atoms with Gasteiger partial charge >= 0.3 is 6.18 Å². The molecule has 0 aliphatic rings. The number of carbonyl (C=O) groups is 1. The number of alkyl halides is 3. The molecule has 2 aromatic rings. The molecule has 2 heterocycles. The van der Waals surface area contributed by atoms with Gasteiger partial charge in [-0.05, 0) is 46.6 Å². The summed E-state index contributed by atoms with van der Waals surface area (Å²) in [5.41, 5.74) is 1.41. The predicted octanol–water partition coefficient (Wildman–Crippen LogP) is 2.61. The van der Waals surface area contributed by atoms with Gasteiger partial charge in [-0.25, -0.2) is 9.50 Å². The van der Waals surface area contributed by atoms with Crippen LogP contribution in [-0.4, -0.2) is 31.0 Å². The van der Waals surface area contributed by atoms with Crippen LogP contribution in [-0.2, 0) is 17.4 Å². The summed E-state index contributed by atoms with van der Waals surface area (Å²) in [5.74, 6) is -1.45. The second-order valence-electron chi connectivity index (χ2n) is 6.70. The van der Waals surface area contributed by atoms with Crippen molar-refractivity contribution in [1.29, 1.82) is 0 Å². The molecule has 24 heavy (non-hydrogen) atoms. The minimum atomic E-state index is -4.62. The van der Waals surface area contributed by atoms with E-state index < -0.39 is 12.0 Å². The fraction of sp³-hybridized carbons (Fsp3) is 0.600. The first-order valence-corrected chi connectivity index (χ1v) is 7.49. The van der Waals surface area contributed by atoms with E-state index in [1.807, 2.05) is 20.8 Å². The Hall–Kier alpha value is -2.19. The van der Waals surface area contributed by atoms with Gasteiger partial charge in [-0.3, -0.25) is 4.79 Å². The monoisotopic (exact) mass is 343 g/mol. The molecule has 6 nitrogen and oxygen atoms in total. The zero-order chi connectivity index (χ0) is 18.3. The molecule has 132 valence electrons. The van der Waals surface area contributed by atoms with E-state index in [1.165, 1.54) is 0 Å². The highest BCUT2D eigenvalue weighted by molar-refractivity contribution is 5.77. The summed E-state index contributed by atoms with van der Waals surface area (Å²) in [7, 11) is 0. The number of rotatable bonds is 3. The van der Waals surface area contributed by atoms with Crippen molar-refractivity contribution in [3.8, 4) is 0 Å². The highest BCUT2D eigenvalue weighted by atomic mass is 19.4. The maximum absolute atomic E-state index is 12.8. The number of fused-ring (bicyclic) bond motifs is 1. The summed E-state index contributed by atoms with van der Waals surface area (Å²) in [6.45, 7) is 8.97. The van der Waals surface area contributed by atoms with Gasteiger partial charge in [0.25, 0.3) is 11.6 Å². The van der Waals surface area contributed by atoms with Gasteiger partial charge in [0, 0.05) is 23.3 Å². The number of amides is 1. The summed E-state index contributed by atoms with van der Waals surface area (Å²) >= 11 is 0. The Kier molecular flexibility index (Phi) is 4.56. The number of nitrogens with zero attached hydrogens (tertiary/aromatic N) is 4. The number of aromatic nitrogens is 4. The van der Waals surface area contributed by atoms with Crippen molar-refractivity contribution >= 4 is 11.7 Å². The quantitative estimate of drug-likeness (QED) is 0.930. The van der Waals surface area contributed by atoms with Crippen LogP contribution in [0.3, 0.4) is 0 Å². The Morgan fingerprint density at radius 3 is 2.33 bits per heavy atom. The van der Waals surface area contributed by atoms with Gasteiger partial charge < -0.3 is 5.32 Å². The molecule has 9 heteroatoms. The molecule has 2 rings (SSSR count). The zero-order valence-corrected chi connectivity index (χ0v) is 14.2. The third kappa shape index (κ3) is 4.01. The molecule has 0 aliphatic heterocycles. The van der Waals surface area contributed by atoms with E-state index in [0.717, 1.165) is 4.52 Å². The van der Waals surface area contributed by atoms with Crippen LogP contribution in [0.1, 0.15) is 50.0 Å². The Morgan fingerprint density at radius 2 is 1.79 bits per heavy atom. The first-order chi connectivity index (χ1) is 10.9. The van der Waals surface area contributed by atoms with Gasteiger partial charge in [-0.2, -0.15) is 18.2 Å². The molecule has 0 aliphatic carbocycles. The van der Waals surface area contributed by atoms with Crippen LogP contribution in [0.5, 0.6) is 0 Å². The molecule has 1 amide bonds. The summed E-state index contributed by atoms with van der Waals surface area (Å²) in [4.78, 5) is 19.4. The number of hydrogen-bond donors (Lipinski definition) is 1. The number of aryl methyl sites for hydroxylation is 2. The third-order valence-electron chi connectivity index (χ3n) is 3.42. The standard InChI is InChI=1S/C15H20F3N5O/c1-8-10(6-7-11(24)21-14(3,4)5)9(2)23-13(19-8)20-12(22-23)15(16,17)18/h6-7H2,1-5H3,(H,21,24). The molecule has 0 saturated carbocycles. The van der Waals surface area contributed by atoms with Gasteiger partial charge in [0.05, 0.1) is 0 Å². The van der Waals surface area contributed by atoms with Gasteiger partial charge in [-0.1, -0.05) is 0 Å². The lowest BCUT2D eigenvalue weighted by Gasteiger charge is -2.20. The number of hydrogen-bond acceptors (Lipinski definition) is 4. The van der Waals surface area contributed by atoms with E-state index in [0.29, 0.717) is 23.4 Å². The highest BCUT2D eigenvalue weighted by Gasteiger charge is 2.36. The number of nitrogens with one attached hydrogen (secondary N) is 1. The fourth-order valence-corrected chi connectivity index (χ4v) is 2.41. The lowest BCUT2D eigenvalue weighted by atomic mass is 10.0. The normalized spacial score (nSPS) is 12.7. The van der Waals surface area contributed by atoms with Crippen LogP contribution < -0.4 is 5.32 Å². The number of halogens is 3. The molecule has 0 unspecified atom stereocenters. The zero-order valence-electron chi connectivity index (χ0n) is 14.2. The molecule has 0 spiro atoms. The second-order valence-corrected chi connectivity index (χ2v) is 6.70. The van der Waals surface area contributed by atoms with E-state index >= 15 is 0 Å². The Bertz CT molecular complexity index is 774. The van der Waals surface area contributed by atoms with E-state index in [9.17, 15) is 18.0 Å². The van der Waals surface area contributed by atoms with Crippen LogP contribution in [0.25, 0.3) is 5.78 Å². The van der Waals surface area contributed by atoms with Gasteiger partial charge in [0.15, 0.2) is 0 Å². The molecule has 0 radical (unpaired) electrons. The van der Waals surface area contributed by atoms with Crippen molar-refractivity contribution in [3.05, 3.63) is 22.8 Å². The van der Waals surface area contributed by atoms with E-state index in [4.69, 9.17) is 0 Å².